The number of nitrogens with one attached hydrogen (secondary N) is 3. The number of benzene rings is 2. The standard InChI is InChI=1S/C31H36N4O6S/c1-18(2)15-23(33-27(36)12-10-19-9-11-24(40-3)25(16-19)41-4)30(39)34-22(17-20-13-14-32-29(20)38)28(37)31-35-21-7-5-6-8-26(21)42-31/h5-12,16,18,20,22-23H,13-15,17H2,1-4H3,(H,32,38)(H,33,36)(H,34,39)/b12-10+/t20-,22-,23-/m0/s1. The molecule has 3 aromatic rings. The average Bonchev–Trinajstić information content (AvgIpc) is 3.60. The number of methoxy groups -OCH3 is 2. The first-order valence-corrected chi connectivity index (χ1v) is 14.7. The van der Waals surface area contributed by atoms with Gasteiger partial charge in [0.1, 0.15) is 6.04 Å². The number of para-hydroxylation sites is 1. The van der Waals surface area contributed by atoms with E-state index in [9.17, 15) is 19.2 Å². The van der Waals surface area contributed by atoms with Crippen LogP contribution >= 0.6 is 11.3 Å². The molecule has 0 saturated carbocycles. The Morgan fingerprint density at radius 3 is 2.50 bits per heavy atom. The average molecular weight is 593 g/mol. The molecule has 3 atom stereocenters. The van der Waals surface area contributed by atoms with Gasteiger partial charge in [0.25, 0.3) is 0 Å². The van der Waals surface area contributed by atoms with E-state index in [1.54, 1.807) is 31.4 Å². The number of hydrogen-bond donors (Lipinski definition) is 3. The lowest BCUT2D eigenvalue weighted by atomic mass is 9.95. The third-order valence-electron chi connectivity index (χ3n) is 7.00. The van der Waals surface area contributed by atoms with E-state index in [1.807, 2.05) is 38.1 Å². The molecule has 11 heteroatoms. The molecular formula is C31H36N4O6S. The van der Waals surface area contributed by atoms with Gasteiger partial charge in [0.05, 0.1) is 30.5 Å². The number of rotatable bonds is 13. The summed E-state index contributed by atoms with van der Waals surface area (Å²) in [6.45, 7) is 4.41. The van der Waals surface area contributed by atoms with Crippen LogP contribution in [-0.4, -0.2) is 61.3 Å². The lowest BCUT2D eigenvalue weighted by molar-refractivity contribution is -0.128. The smallest absolute Gasteiger partial charge is 0.244 e. The van der Waals surface area contributed by atoms with Crippen molar-refractivity contribution in [1.29, 1.82) is 0 Å². The Kier molecular flexibility index (Phi) is 10.3. The van der Waals surface area contributed by atoms with Crippen LogP contribution in [-0.2, 0) is 14.4 Å². The predicted octanol–water partition coefficient (Wildman–Crippen LogP) is 3.75. The molecule has 3 N–H and O–H groups in total. The first kappa shape index (κ1) is 30.7. The molecule has 1 aliphatic heterocycles. The number of amides is 3. The lowest BCUT2D eigenvalue weighted by Gasteiger charge is -2.24. The predicted molar refractivity (Wildman–Crippen MR) is 162 cm³/mol. The number of ketones is 1. The van der Waals surface area contributed by atoms with Gasteiger partial charge in [0.2, 0.25) is 23.5 Å². The molecule has 1 saturated heterocycles. The van der Waals surface area contributed by atoms with Crippen molar-refractivity contribution in [2.45, 2.75) is 45.2 Å². The van der Waals surface area contributed by atoms with Gasteiger partial charge < -0.3 is 25.4 Å². The number of ether oxygens (including phenoxy) is 2. The molecule has 4 rings (SSSR count). The normalized spacial score (nSPS) is 16.3. The van der Waals surface area contributed by atoms with E-state index in [2.05, 4.69) is 20.9 Å². The number of carbonyl (C=O) groups excluding carboxylic acids is 4. The zero-order valence-electron chi connectivity index (χ0n) is 24.1. The van der Waals surface area contributed by atoms with Gasteiger partial charge in [-0.05, 0) is 61.1 Å². The summed E-state index contributed by atoms with van der Waals surface area (Å²) >= 11 is 1.25. The summed E-state index contributed by atoms with van der Waals surface area (Å²) in [6.07, 6.45) is 4.03. The second-order valence-corrected chi connectivity index (χ2v) is 11.6. The van der Waals surface area contributed by atoms with Crippen LogP contribution in [0, 0.1) is 11.8 Å². The van der Waals surface area contributed by atoms with Gasteiger partial charge in [-0.3, -0.25) is 19.2 Å². The van der Waals surface area contributed by atoms with E-state index in [1.165, 1.54) is 24.5 Å². The summed E-state index contributed by atoms with van der Waals surface area (Å²) in [5, 5.41) is 8.68. The van der Waals surface area contributed by atoms with Gasteiger partial charge >= 0.3 is 0 Å². The van der Waals surface area contributed by atoms with E-state index in [0.717, 1.165) is 4.70 Å². The molecule has 0 radical (unpaired) electrons. The highest BCUT2D eigenvalue weighted by molar-refractivity contribution is 7.20. The summed E-state index contributed by atoms with van der Waals surface area (Å²) in [5.41, 5.74) is 1.41. The quantitative estimate of drug-likeness (QED) is 0.203. The van der Waals surface area contributed by atoms with Crippen LogP contribution in [0.1, 0.15) is 48.5 Å². The molecule has 1 fully saturated rings. The Balaban J connectivity index is 1.51. The minimum Gasteiger partial charge on any atom is -0.493 e. The molecule has 0 aliphatic carbocycles. The molecule has 10 nitrogen and oxygen atoms in total. The Morgan fingerprint density at radius 1 is 1.07 bits per heavy atom. The van der Waals surface area contributed by atoms with Crippen molar-refractivity contribution in [3.05, 3.63) is 59.1 Å². The van der Waals surface area contributed by atoms with E-state index < -0.39 is 29.8 Å². The van der Waals surface area contributed by atoms with Crippen molar-refractivity contribution < 1.29 is 28.7 Å². The molecule has 1 aromatic heterocycles. The number of aromatic nitrogens is 1. The Bertz CT molecular complexity index is 1450. The number of hydrogen-bond acceptors (Lipinski definition) is 8. The van der Waals surface area contributed by atoms with Crippen molar-refractivity contribution in [1.82, 2.24) is 20.9 Å². The highest BCUT2D eigenvalue weighted by Gasteiger charge is 2.34. The van der Waals surface area contributed by atoms with Gasteiger partial charge in [0.15, 0.2) is 16.5 Å². The van der Waals surface area contributed by atoms with Crippen molar-refractivity contribution >= 4 is 51.1 Å². The maximum absolute atomic E-state index is 13.7. The number of fused-ring (bicyclic) bond motifs is 1. The molecule has 2 aromatic carbocycles. The monoisotopic (exact) mass is 592 g/mol. The van der Waals surface area contributed by atoms with Crippen molar-refractivity contribution in [3.63, 3.8) is 0 Å². The second-order valence-electron chi connectivity index (χ2n) is 10.6. The highest BCUT2D eigenvalue weighted by atomic mass is 32.1. The van der Waals surface area contributed by atoms with Crippen LogP contribution in [0.4, 0.5) is 0 Å². The minimum absolute atomic E-state index is 0.0786. The van der Waals surface area contributed by atoms with Crippen molar-refractivity contribution in [2.24, 2.45) is 11.8 Å². The largest absolute Gasteiger partial charge is 0.493 e. The molecular weight excluding hydrogens is 556 g/mol. The molecule has 222 valence electrons. The molecule has 42 heavy (non-hydrogen) atoms. The highest BCUT2D eigenvalue weighted by Crippen LogP contribution is 2.28. The van der Waals surface area contributed by atoms with Gasteiger partial charge in [-0.1, -0.05) is 32.0 Å². The van der Waals surface area contributed by atoms with E-state index in [4.69, 9.17) is 9.47 Å². The summed E-state index contributed by atoms with van der Waals surface area (Å²) in [4.78, 5) is 56.9. The first-order valence-electron chi connectivity index (χ1n) is 13.9. The fourth-order valence-corrected chi connectivity index (χ4v) is 5.80. The van der Waals surface area contributed by atoms with Gasteiger partial charge in [-0.15, -0.1) is 11.3 Å². The summed E-state index contributed by atoms with van der Waals surface area (Å²) in [5.74, 6) is -0.684. The van der Waals surface area contributed by atoms with E-state index >= 15 is 0 Å². The Hall–Kier alpha value is -4.25. The third kappa shape index (κ3) is 7.73. The lowest BCUT2D eigenvalue weighted by Crippen LogP contribution is -2.52. The summed E-state index contributed by atoms with van der Waals surface area (Å²) in [7, 11) is 3.07. The second kappa shape index (κ2) is 14.1. The van der Waals surface area contributed by atoms with Crippen LogP contribution in [0.25, 0.3) is 16.3 Å². The van der Waals surface area contributed by atoms with Gasteiger partial charge in [-0.25, -0.2) is 4.98 Å². The molecule has 0 spiro atoms. The topological polar surface area (TPSA) is 136 Å². The minimum atomic E-state index is -0.971. The van der Waals surface area contributed by atoms with Crippen LogP contribution < -0.4 is 25.4 Å². The molecule has 1 aliphatic rings. The van der Waals surface area contributed by atoms with Crippen molar-refractivity contribution in [3.8, 4) is 11.5 Å². The van der Waals surface area contributed by atoms with Crippen LogP contribution in [0.2, 0.25) is 0 Å². The molecule has 2 heterocycles. The van der Waals surface area contributed by atoms with Gasteiger partial charge in [-0.2, -0.15) is 0 Å². The number of thiazole rings is 1. The number of nitrogens with zero attached hydrogens (tertiary/aromatic N) is 1. The number of Topliss-reactive ketones (excluding diaryl/α,β-unsaturated/α-hetero) is 1. The van der Waals surface area contributed by atoms with Crippen molar-refractivity contribution in [2.75, 3.05) is 20.8 Å². The summed E-state index contributed by atoms with van der Waals surface area (Å²) < 4.78 is 11.4. The molecule has 3 amide bonds. The maximum atomic E-state index is 13.7. The fourth-order valence-electron chi connectivity index (χ4n) is 4.84. The summed E-state index contributed by atoms with van der Waals surface area (Å²) in [6, 6.07) is 10.8. The third-order valence-corrected chi connectivity index (χ3v) is 8.05. The zero-order valence-corrected chi connectivity index (χ0v) is 25.0. The van der Waals surface area contributed by atoms with Gasteiger partial charge in [0, 0.05) is 18.5 Å². The molecule has 0 bridgehead atoms. The van der Waals surface area contributed by atoms with Crippen LogP contribution in [0.5, 0.6) is 11.5 Å². The molecule has 0 unspecified atom stereocenters. The van der Waals surface area contributed by atoms with E-state index in [0.29, 0.717) is 42.0 Å². The SMILES string of the molecule is COc1ccc(/C=C/C(=O)N[C@@H](CC(C)C)C(=O)N[C@@H](C[C@@H]2CCNC2=O)C(=O)c2nc3ccccc3s2)cc1OC. The van der Waals surface area contributed by atoms with E-state index in [-0.39, 0.29) is 29.0 Å². The first-order chi connectivity index (χ1) is 20.2. The van der Waals surface area contributed by atoms with Crippen LogP contribution in [0.15, 0.2) is 48.5 Å². The van der Waals surface area contributed by atoms with Crippen LogP contribution in [0.3, 0.4) is 0 Å². The number of carbonyl (C=O) groups is 4. The fraction of sp³-hybridized carbons (Fsp3) is 0.387. The zero-order chi connectivity index (χ0) is 30.2. The maximum Gasteiger partial charge on any atom is 0.244 e. The Labute approximate surface area is 248 Å². The Morgan fingerprint density at radius 2 is 1.83 bits per heavy atom.